The fourth-order valence-corrected chi connectivity index (χ4v) is 2.84. The Kier molecular flexibility index (Phi) is 7.48. The molecule has 24 heavy (non-hydrogen) atoms. The summed E-state index contributed by atoms with van der Waals surface area (Å²) in [7, 11) is 0. The van der Waals surface area contributed by atoms with Crippen LogP contribution in [0.2, 0.25) is 0 Å². The number of rotatable bonds is 8. The van der Waals surface area contributed by atoms with Crippen LogP contribution in [-0.4, -0.2) is 23.8 Å². The Morgan fingerprint density at radius 2 is 1.96 bits per heavy atom. The van der Waals surface area contributed by atoms with E-state index in [4.69, 9.17) is 14.7 Å². The van der Waals surface area contributed by atoms with Crippen LogP contribution >= 0.6 is 22.6 Å². The highest BCUT2D eigenvalue weighted by Crippen LogP contribution is 2.17. The first-order valence-electron chi connectivity index (χ1n) is 7.64. The largest absolute Gasteiger partial charge is 0.489 e. The van der Waals surface area contributed by atoms with E-state index in [1.807, 2.05) is 42.5 Å². The van der Waals surface area contributed by atoms with Crippen LogP contribution in [0.25, 0.3) is 0 Å². The fraction of sp³-hybridized carbons (Fsp3) is 0.278. The van der Waals surface area contributed by atoms with E-state index in [1.165, 1.54) is 3.57 Å². The Morgan fingerprint density at radius 1 is 1.21 bits per heavy atom. The van der Waals surface area contributed by atoms with E-state index in [-0.39, 0.29) is 0 Å². The molecular formula is C18H20INO4. The molecule has 0 heterocycles. The van der Waals surface area contributed by atoms with Gasteiger partial charge in [-0.05, 0) is 64.9 Å². The zero-order valence-corrected chi connectivity index (χ0v) is 15.5. The van der Waals surface area contributed by atoms with Crippen LogP contribution in [0.5, 0.6) is 5.75 Å². The normalized spacial score (nSPS) is 11.8. The molecule has 6 heteroatoms. The SMILES string of the molecule is CCO[C@@H](Cc1ccc(OCc2cccc(I)c2)cc1)C(=O)NO. The number of nitrogens with one attached hydrogen (secondary N) is 1. The highest BCUT2D eigenvalue weighted by molar-refractivity contribution is 14.1. The highest BCUT2D eigenvalue weighted by atomic mass is 127. The molecule has 2 rings (SSSR count). The van der Waals surface area contributed by atoms with Crippen LogP contribution in [-0.2, 0) is 22.6 Å². The summed E-state index contributed by atoms with van der Waals surface area (Å²) in [5.74, 6) is 0.216. The number of halogens is 1. The number of amides is 1. The summed E-state index contributed by atoms with van der Waals surface area (Å²) in [6.07, 6.45) is -0.324. The summed E-state index contributed by atoms with van der Waals surface area (Å²) < 4.78 is 12.3. The van der Waals surface area contributed by atoms with Crippen LogP contribution in [0.15, 0.2) is 48.5 Å². The van der Waals surface area contributed by atoms with Gasteiger partial charge in [-0.3, -0.25) is 10.0 Å². The van der Waals surface area contributed by atoms with Crippen molar-refractivity contribution >= 4 is 28.5 Å². The second-order valence-electron chi connectivity index (χ2n) is 5.19. The lowest BCUT2D eigenvalue weighted by Gasteiger charge is -2.15. The maximum atomic E-state index is 11.5. The van der Waals surface area contributed by atoms with E-state index in [2.05, 4.69) is 28.7 Å². The van der Waals surface area contributed by atoms with E-state index in [0.29, 0.717) is 19.6 Å². The molecular weight excluding hydrogens is 421 g/mol. The molecule has 0 spiro atoms. The van der Waals surface area contributed by atoms with Crippen molar-refractivity contribution in [2.24, 2.45) is 0 Å². The Labute approximate surface area is 155 Å². The molecule has 0 aromatic heterocycles. The third-order valence-corrected chi connectivity index (χ3v) is 4.08. The van der Waals surface area contributed by atoms with E-state index in [1.54, 1.807) is 12.4 Å². The van der Waals surface area contributed by atoms with Crippen molar-refractivity contribution < 1.29 is 19.5 Å². The maximum Gasteiger partial charge on any atom is 0.272 e. The van der Waals surface area contributed by atoms with E-state index < -0.39 is 12.0 Å². The van der Waals surface area contributed by atoms with Gasteiger partial charge in [0.15, 0.2) is 0 Å². The molecule has 2 aromatic carbocycles. The van der Waals surface area contributed by atoms with Crippen molar-refractivity contribution in [3.05, 3.63) is 63.2 Å². The second-order valence-corrected chi connectivity index (χ2v) is 6.43. The predicted molar refractivity (Wildman–Crippen MR) is 99.0 cm³/mol. The van der Waals surface area contributed by atoms with Crippen molar-refractivity contribution in [1.29, 1.82) is 0 Å². The monoisotopic (exact) mass is 441 g/mol. The molecule has 0 saturated carbocycles. The Morgan fingerprint density at radius 3 is 2.58 bits per heavy atom. The van der Waals surface area contributed by atoms with Gasteiger partial charge in [-0.2, -0.15) is 0 Å². The molecule has 0 radical (unpaired) electrons. The Bertz CT molecular complexity index is 660. The Balaban J connectivity index is 1.93. The first kappa shape index (κ1) is 18.7. The zero-order chi connectivity index (χ0) is 17.4. The lowest BCUT2D eigenvalue weighted by Crippen LogP contribution is -2.36. The van der Waals surface area contributed by atoms with Gasteiger partial charge in [0, 0.05) is 16.6 Å². The highest BCUT2D eigenvalue weighted by Gasteiger charge is 2.18. The number of hydrogen-bond donors (Lipinski definition) is 2. The minimum atomic E-state index is -0.710. The van der Waals surface area contributed by atoms with E-state index in [0.717, 1.165) is 16.9 Å². The summed E-state index contributed by atoms with van der Waals surface area (Å²) in [5.41, 5.74) is 3.68. The van der Waals surface area contributed by atoms with Gasteiger partial charge in [-0.25, -0.2) is 5.48 Å². The van der Waals surface area contributed by atoms with Crippen molar-refractivity contribution in [1.82, 2.24) is 5.48 Å². The number of hydroxylamine groups is 1. The van der Waals surface area contributed by atoms with Crippen LogP contribution in [0.4, 0.5) is 0 Å². The topological polar surface area (TPSA) is 67.8 Å². The van der Waals surface area contributed by atoms with Gasteiger partial charge in [0.2, 0.25) is 0 Å². The van der Waals surface area contributed by atoms with Gasteiger partial charge in [-0.15, -0.1) is 0 Å². The van der Waals surface area contributed by atoms with Gasteiger partial charge in [-0.1, -0.05) is 24.3 Å². The Hall–Kier alpha value is -1.64. The minimum absolute atomic E-state index is 0.386. The summed E-state index contributed by atoms with van der Waals surface area (Å²) in [6.45, 7) is 2.71. The van der Waals surface area contributed by atoms with Gasteiger partial charge in [0.1, 0.15) is 18.5 Å². The van der Waals surface area contributed by atoms with Crippen LogP contribution in [0.1, 0.15) is 18.1 Å². The lowest BCUT2D eigenvalue weighted by atomic mass is 10.1. The third kappa shape index (κ3) is 5.77. The minimum Gasteiger partial charge on any atom is -0.489 e. The number of ether oxygens (including phenoxy) is 2. The average molecular weight is 441 g/mol. The molecule has 0 bridgehead atoms. The van der Waals surface area contributed by atoms with Crippen molar-refractivity contribution in [3.8, 4) is 5.75 Å². The molecule has 0 unspecified atom stereocenters. The smallest absolute Gasteiger partial charge is 0.272 e. The molecule has 5 nitrogen and oxygen atoms in total. The molecule has 0 aliphatic heterocycles. The molecule has 128 valence electrons. The number of hydrogen-bond acceptors (Lipinski definition) is 4. The van der Waals surface area contributed by atoms with E-state index >= 15 is 0 Å². The van der Waals surface area contributed by atoms with Crippen LogP contribution < -0.4 is 10.2 Å². The maximum absolute atomic E-state index is 11.5. The third-order valence-electron chi connectivity index (χ3n) is 3.41. The molecule has 1 atom stereocenters. The summed E-state index contributed by atoms with van der Waals surface area (Å²) >= 11 is 2.27. The first-order valence-corrected chi connectivity index (χ1v) is 8.72. The van der Waals surface area contributed by atoms with Crippen LogP contribution in [0, 0.1) is 3.57 Å². The molecule has 2 aromatic rings. The van der Waals surface area contributed by atoms with Gasteiger partial charge in [0.25, 0.3) is 5.91 Å². The predicted octanol–water partition coefficient (Wildman–Crippen LogP) is 3.32. The number of carbonyl (C=O) groups is 1. The zero-order valence-electron chi connectivity index (χ0n) is 13.4. The summed E-state index contributed by atoms with van der Waals surface area (Å²) in [5, 5.41) is 8.75. The van der Waals surface area contributed by atoms with Gasteiger partial charge in [0.05, 0.1) is 0 Å². The molecule has 2 N–H and O–H groups in total. The first-order chi connectivity index (χ1) is 11.6. The molecule has 1 amide bonds. The molecule has 0 aliphatic carbocycles. The fourth-order valence-electron chi connectivity index (χ4n) is 2.23. The number of carbonyl (C=O) groups excluding carboxylic acids is 1. The van der Waals surface area contributed by atoms with Crippen molar-refractivity contribution in [2.75, 3.05) is 6.61 Å². The van der Waals surface area contributed by atoms with Crippen molar-refractivity contribution in [2.45, 2.75) is 26.1 Å². The number of benzene rings is 2. The molecule has 0 saturated heterocycles. The standard InChI is InChI=1S/C18H20INO4/c1-2-23-17(18(21)20-22)11-13-6-8-16(9-7-13)24-12-14-4-3-5-15(19)10-14/h3-10,17,22H,2,11-12H2,1H3,(H,20,21)/t17-/m0/s1. The summed E-state index contributed by atoms with van der Waals surface area (Å²) in [4.78, 5) is 11.5. The summed E-state index contributed by atoms with van der Waals surface area (Å²) in [6, 6.07) is 15.7. The quantitative estimate of drug-likeness (QED) is 0.375. The van der Waals surface area contributed by atoms with Gasteiger partial charge < -0.3 is 9.47 Å². The molecule has 0 aliphatic rings. The second kappa shape index (κ2) is 9.61. The van der Waals surface area contributed by atoms with E-state index in [9.17, 15) is 4.79 Å². The van der Waals surface area contributed by atoms with Crippen LogP contribution in [0.3, 0.4) is 0 Å². The molecule has 0 fully saturated rings. The lowest BCUT2D eigenvalue weighted by molar-refractivity contribution is -0.141. The van der Waals surface area contributed by atoms with Gasteiger partial charge >= 0.3 is 0 Å². The average Bonchev–Trinajstić information content (AvgIpc) is 2.60. The van der Waals surface area contributed by atoms with Crippen molar-refractivity contribution in [3.63, 3.8) is 0 Å².